The van der Waals surface area contributed by atoms with Crippen LogP contribution in [0.4, 0.5) is 4.39 Å². The van der Waals surface area contributed by atoms with E-state index in [0.717, 1.165) is 4.57 Å². The topological polar surface area (TPSA) is 48.3 Å². The highest BCUT2D eigenvalue weighted by atomic mass is 19.1. The van der Waals surface area contributed by atoms with Crippen LogP contribution >= 0.6 is 0 Å². The predicted molar refractivity (Wildman–Crippen MR) is 63.3 cm³/mol. The second-order valence-electron chi connectivity index (χ2n) is 3.54. The standard InChI is InChI=1S/C13H10FNO3/c1-18-13(17)9-5-4-8-15(12(9)16)11-7-3-2-6-10(11)14/h2-8H,1H3. The van der Waals surface area contributed by atoms with Gasteiger partial charge in [-0.25, -0.2) is 9.18 Å². The zero-order valence-electron chi connectivity index (χ0n) is 9.59. The Hall–Kier alpha value is -2.43. The maximum Gasteiger partial charge on any atom is 0.343 e. The third-order valence-electron chi connectivity index (χ3n) is 2.46. The monoisotopic (exact) mass is 247 g/mol. The fourth-order valence-corrected chi connectivity index (χ4v) is 1.60. The molecule has 5 heteroatoms. The number of ether oxygens (including phenoxy) is 1. The molecule has 18 heavy (non-hydrogen) atoms. The van der Waals surface area contributed by atoms with E-state index in [2.05, 4.69) is 4.74 Å². The molecule has 0 bridgehead atoms. The maximum absolute atomic E-state index is 13.6. The molecule has 2 aromatic rings. The number of hydrogen-bond acceptors (Lipinski definition) is 3. The number of benzene rings is 1. The molecule has 4 nitrogen and oxygen atoms in total. The molecule has 1 aromatic carbocycles. The van der Waals surface area contributed by atoms with Crippen LogP contribution in [0.25, 0.3) is 5.69 Å². The van der Waals surface area contributed by atoms with E-state index in [1.54, 1.807) is 6.07 Å². The van der Waals surface area contributed by atoms with Crippen LogP contribution in [0.1, 0.15) is 10.4 Å². The fourth-order valence-electron chi connectivity index (χ4n) is 1.60. The van der Waals surface area contributed by atoms with Crippen molar-refractivity contribution in [3.05, 3.63) is 64.3 Å². The van der Waals surface area contributed by atoms with Gasteiger partial charge in [-0.05, 0) is 24.3 Å². The zero-order chi connectivity index (χ0) is 13.1. The molecule has 0 atom stereocenters. The summed E-state index contributed by atoms with van der Waals surface area (Å²) in [6, 6.07) is 8.65. The molecule has 0 fully saturated rings. The molecule has 0 saturated carbocycles. The van der Waals surface area contributed by atoms with E-state index in [1.165, 1.54) is 43.6 Å². The van der Waals surface area contributed by atoms with Crippen molar-refractivity contribution in [2.24, 2.45) is 0 Å². The molecular formula is C13H10FNO3. The summed E-state index contributed by atoms with van der Waals surface area (Å²) in [6.45, 7) is 0. The molecule has 2 rings (SSSR count). The lowest BCUT2D eigenvalue weighted by Crippen LogP contribution is -2.25. The van der Waals surface area contributed by atoms with Crippen LogP contribution in [0.5, 0.6) is 0 Å². The zero-order valence-corrected chi connectivity index (χ0v) is 9.59. The van der Waals surface area contributed by atoms with Gasteiger partial charge in [0.05, 0.1) is 12.8 Å². The van der Waals surface area contributed by atoms with Crippen LogP contribution in [-0.4, -0.2) is 17.6 Å². The Bertz CT molecular complexity index is 649. The van der Waals surface area contributed by atoms with Gasteiger partial charge >= 0.3 is 5.97 Å². The van der Waals surface area contributed by atoms with Crippen LogP contribution in [0, 0.1) is 5.82 Å². The average Bonchev–Trinajstić information content (AvgIpc) is 2.39. The summed E-state index contributed by atoms with van der Waals surface area (Å²) >= 11 is 0. The second-order valence-corrected chi connectivity index (χ2v) is 3.54. The van der Waals surface area contributed by atoms with Crippen molar-refractivity contribution < 1.29 is 13.9 Å². The van der Waals surface area contributed by atoms with Gasteiger partial charge in [0.2, 0.25) is 0 Å². The molecule has 1 aromatic heterocycles. The Morgan fingerprint density at radius 1 is 1.22 bits per heavy atom. The summed E-state index contributed by atoms with van der Waals surface area (Å²) in [5.41, 5.74) is -0.661. The molecule has 0 aliphatic carbocycles. The second kappa shape index (κ2) is 4.83. The molecule has 0 radical (unpaired) electrons. The van der Waals surface area contributed by atoms with Crippen molar-refractivity contribution in [1.82, 2.24) is 4.57 Å². The van der Waals surface area contributed by atoms with Crippen LogP contribution in [0.3, 0.4) is 0 Å². The van der Waals surface area contributed by atoms with Crippen molar-refractivity contribution in [2.75, 3.05) is 7.11 Å². The van der Waals surface area contributed by atoms with Crippen LogP contribution in [-0.2, 0) is 4.74 Å². The van der Waals surface area contributed by atoms with Gasteiger partial charge in [0.1, 0.15) is 11.4 Å². The largest absolute Gasteiger partial charge is 0.465 e. The third kappa shape index (κ3) is 2.02. The van der Waals surface area contributed by atoms with Gasteiger partial charge < -0.3 is 4.74 Å². The Labute approximate surface area is 102 Å². The Morgan fingerprint density at radius 3 is 2.61 bits per heavy atom. The maximum atomic E-state index is 13.6. The summed E-state index contributed by atoms with van der Waals surface area (Å²) in [4.78, 5) is 23.4. The van der Waals surface area contributed by atoms with E-state index >= 15 is 0 Å². The summed E-state index contributed by atoms with van der Waals surface area (Å²) < 4.78 is 19.2. The van der Waals surface area contributed by atoms with Gasteiger partial charge in [0, 0.05) is 6.20 Å². The first-order valence-electron chi connectivity index (χ1n) is 5.20. The van der Waals surface area contributed by atoms with E-state index in [4.69, 9.17) is 0 Å². The first-order valence-corrected chi connectivity index (χ1v) is 5.20. The normalized spacial score (nSPS) is 10.1. The van der Waals surface area contributed by atoms with Gasteiger partial charge in [0.25, 0.3) is 5.56 Å². The van der Waals surface area contributed by atoms with Gasteiger partial charge in [-0.3, -0.25) is 9.36 Å². The van der Waals surface area contributed by atoms with E-state index in [0.29, 0.717) is 0 Å². The third-order valence-corrected chi connectivity index (χ3v) is 2.46. The molecule has 0 spiro atoms. The number of methoxy groups -OCH3 is 1. The number of halogens is 1. The number of rotatable bonds is 2. The lowest BCUT2D eigenvalue weighted by atomic mass is 10.2. The van der Waals surface area contributed by atoms with Gasteiger partial charge in [0.15, 0.2) is 0 Å². The molecule has 0 aliphatic heterocycles. The van der Waals surface area contributed by atoms with Crippen molar-refractivity contribution in [2.45, 2.75) is 0 Å². The summed E-state index contributed by atoms with van der Waals surface area (Å²) in [6.07, 6.45) is 1.40. The quantitative estimate of drug-likeness (QED) is 0.760. The SMILES string of the molecule is COC(=O)c1cccn(-c2ccccc2F)c1=O. The molecule has 0 aliphatic rings. The number of para-hydroxylation sites is 1. The van der Waals surface area contributed by atoms with Gasteiger partial charge in [-0.1, -0.05) is 12.1 Å². The number of esters is 1. The molecule has 0 N–H and O–H groups in total. The number of carbonyl (C=O) groups is 1. The van der Waals surface area contributed by atoms with Crippen LogP contribution in [0.15, 0.2) is 47.4 Å². The molecule has 92 valence electrons. The molecule has 0 unspecified atom stereocenters. The summed E-state index contributed by atoms with van der Waals surface area (Å²) in [5, 5.41) is 0. The van der Waals surface area contributed by atoms with Crippen molar-refractivity contribution in [3.8, 4) is 5.69 Å². The first-order chi connectivity index (χ1) is 8.65. The minimum Gasteiger partial charge on any atom is -0.465 e. The number of aromatic nitrogens is 1. The molecular weight excluding hydrogens is 237 g/mol. The van der Waals surface area contributed by atoms with Gasteiger partial charge in [-0.2, -0.15) is 0 Å². The fraction of sp³-hybridized carbons (Fsp3) is 0.0769. The lowest BCUT2D eigenvalue weighted by Gasteiger charge is -2.07. The van der Waals surface area contributed by atoms with Crippen LogP contribution in [0.2, 0.25) is 0 Å². The van der Waals surface area contributed by atoms with Gasteiger partial charge in [-0.15, -0.1) is 0 Å². The summed E-state index contributed by atoms with van der Waals surface area (Å²) in [7, 11) is 1.18. The molecule has 0 amide bonds. The Kier molecular flexibility index (Phi) is 3.23. The van der Waals surface area contributed by atoms with Crippen molar-refractivity contribution in [1.29, 1.82) is 0 Å². The molecule has 1 heterocycles. The Balaban J connectivity index is 2.64. The minimum atomic E-state index is -0.745. The highest BCUT2D eigenvalue weighted by Gasteiger charge is 2.14. The highest BCUT2D eigenvalue weighted by Crippen LogP contribution is 2.10. The average molecular weight is 247 g/mol. The number of nitrogens with zero attached hydrogens (tertiary/aromatic N) is 1. The van der Waals surface area contributed by atoms with E-state index < -0.39 is 17.3 Å². The van der Waals surface area contributed by atoms with Crippen molar-refractivity contribution in [3.63, 3.8) is 0 Å². The predicted octanol–water partition coefficient (Wildman–Crippen LogP) is 1.76. The minimum absolute atomic E-state index is 0.0910. The highest BCUT2D eigenvalue weighted by molar-refractivity contribution is 5.88. The van der Waals surface area contributed by atoms with E-state index in [9.17, 15) is 14.0 Å². The summed E-state index contributed by atoms with van der Waals surface area (Å²) in [5.74, 6) is -1.28. The first kappa shape index (κ1) is 12.0. The lowest BCUT2D eigenvalue weighted by molar-refractivity contribution is 0.0598. The van der Waals surface area contributed by atoms with Crippen LogP contribution < -0.4 is 5.56 Å². The smallest absolute Gasteiger partial charge is 0.343 e. The van der Waals surface area contributed by atoms with E-state index in [-0.39, 0.29) is 11.3 Å². The number of hydrogen-bond donors (Lipinski definition) is 0. The number of pyridine rings is 1. The molecule has 0 saturated heterocycles. The Morgan fingerprint density at radius 2 is 1.94 bits per heavy atom. The number of carbonyl (C=O) groups excluding carboxylic acids is 1. The van der Waals surface area contributed by atoms with E-state index in [1.807, 2.05) is 0 Å². The van der Waals surface area contributed by atoms with Crippen molar-refractivity contribution >= 4 is 5.97 Å².